The van der Waals surface area contributed by atoms with Crippen LogP contribution < -0.4 is 16.2 Å². The van der Waals surface area contributed by atoms with Crippen LogP contribution in [0.3, 0.4) is 0 Å². The van der Waals surface area contributed by atoms with Gasteiger partial charge in [-0.3, -0.25) is 30.3 Å². The maximum Gasteiger partial charge on any atom is 0.269 e. The predicted octanol–water partition coefficient (Wildman–Crippen LogP) is 2.64. The lowest BCUT2D eigenvalue weighted by Gasteiger charge is -2.06. The first-order valence-electron chi connectivity index (χ1n) is 8.68. The number of carbonyl (C=O) groups excluding carboxylic acids is 3. The first-order chi connectivity index (χ1) is 14.4. The number of nitrogens with zero attached hydrogens (tertiary/aromatic N) is 2. The Morgan fingerprint density at radius 2 is 1.73 bits per heavy atom. The molecule has 1 aromatic heterocycles. The van der Waals surface area contributed by atoms with Crippen molar-refractivity contribution in [2.75, 3.05) is 11.1 Å². The van der Waals surface area contributed by atoms with E-state index in [1.54, 1.807) is 48.5 Å². The quantitative estimate of drug-likeness (QED) is 0.341. The lowest BCUT2D eigenvalue weighted by Crippen LogP contribution is -2.42. The normalized spacial score (nSPS) is 10.3. The molecule has 154 valence electrons. The van der Waals surface area contributed by atoms with E-state index in [0.717, 1.165) is 17.3 Å². The van der Waals surface area contributed by atoms with Crippen LogP contribution in [0.5, 0.6) is 0 Å². The lowest BCUT2D eigenvalue weighted by atomic mass is 10.2. The molecule has 0 unspecified atom stereocenters. The minimum absolute atomic E-state index is 0.0136. The van der Waals surface area contributed by atoms with Crippen LogP contribution in [0.2, 0.25) is 5.02 Å². The zero-order valence-corrected chi connectivity index (χ0v) is 17.3. The molecular formula is C19H17ClN6O3S. The molecule has 1 heterocycles. The van der Waals surface area contributed by atoms with E-state index in [4.69, 9.17) is 11.6 Å². The minimum Gasteiger partial charge on any atom is -0.326 e. The number of anilines is 1. The Labute approximate surface area is 181 Å². The summed E-state index contributed by atoms with van der Waals surface area (Å²) in [6.45, 7) is 1.44. The molecule has 9 nitrogen and oxygen atoms in total. The maximum atomic E-state index is 11.9. The second-order valence-corrected chi connectivity index (χ2v) is 7.40. The number of hydrogen-bond acceptors (Lipinski definition) is 6. The van der Waals surface area contributed by atoms with Gasteiger partial charge in [-0.1, -0.05) is 23.4 Å². The zero-order chi connectivity index (χ0) is 21.5. The van der Waals surface area contributed by atoms with Crippen LogP contribution in [0.15, 0.2) is 53.7 Å². The summed E-state index contributed by atoms with van der Waals surface area (Å²) >= 11 is 6.89. The molecule has 0 saturated heterocycles. The van der Waals surface area contributed by atoms with Gasteiger partial charge in [-0.25, -0.2) is 4.98 Å². The first kappa shape index (κ1) is 21.3. The second-order valence-electron chi connectivity index (χ2n) is 6.02. The highest BCUT2D eigenvalue weighted by Crippen LogP contribution is 2.21. The SMILES string of the molecule is CC(=O)Nc1ccc(-c2nc(SCC(=O)NNC(=O)c3ccc(Cl)cc3)n[nH]2)cc1. The molecule has 0 spiro atoms. The number of amides is 3. The van der Waals surface area contributed by atoms with Crippen molar-refractivity contribution in [1.29, 1.82) is 0 Å². The van der Waals surface area contributed by atoms with Crippen LogP contribution in [0.25, 0.3) is 11.4 Å². The van der Waals surface area contributed by atoms with Crippen molar-refractivity contribution in [1.82, 2.24) is 26.0 Å². The predicted molar refractivity (Wildman–Crippen MR) is 114 cm³/mol. The molecule has 4 N–H and O–H groups in total. The fourth-order valence-corrected chi connectivity index (χ4v) is 3.05. The molecular weight excluding hydrogens is 428 g/mol. The van der Waals surface area contributed by atoms with E-state index in [9.17, 15) is 14.4 Å². The highest BCUT2D eigenvalue weighted by Gasteiger charge is 2.11. The molecule has 0 bridgehead atoms. The number of thioether (sulfide) groups is 1. The molecule has 0 fully saturated rings. The Bertz CT molecular complexity index is 1050. The summed E-state index contributed by atoms with van der Waals surface area (Å²) in [6, 6.07) is 13.4. The average molecular weight is 445 g/mol. The molecule has 3 amide bonds. The monoisotopic (exact) mass is 444 g/mol. The van der Waals surface area contributed by atoms with Crippen LogP contribution in [0, 0.1) is 0 Å². The van der Waals surface area contributed by atoms with E-state index in [1.807, 2.05) is 0 Å². The van der Waals surface area contributed by atoms with E-state index in [2.05, 4.69) is 31.3 Å². The van der Waals surface area contributed by atoms with Crippen molar-refractivity contribution < 1.29 is 14.4 Å². The third-order valence-corrected chi connectivity index (χ3v) is 4.80. The van der Waals surface area contributed by atoms with Crippen molar-refractivity contribution in [3.63, 3.8) is 0 Å². The van der Waals surface area contributed by atoms with Gasteiger partial charge < -0.3 is 5.32 Å². The van der Waals surface area contributed by atoms with Crippen molar-refractivity contribution >= 4 is 46.8 Å². The Morgan fingerprint density at radius 3 is 2.40 bits per heavy atom. The number of H-pyrrole nitrogens is 1. The number of hydrogen-bond donors (Lipinski definition) is 4. The molecule has 0 aliphatic heterocycles. The summed E-state index contributed by atoms with van der Waals surface area (Å²) < 4.78 is 0. The zero-order valence-electron chi connectivity index (χ0n) is 15.7. The molecule has 0 saturated carbocycles. The van der Waals surface area contributed by atoms with Crippen LogP contribution in [0.4, 0.5) is 5.69 Å². The topological polar surface area (TPSA) is 129 Å². The summed E-state index contributed by atoms with van der Waals surface area (Å²) in [5.74, 6) is -0.465. The van der Waals surface area contributed by atoms with Crippen LogP contribution >= 0.6 is 23.4 Å². The van der Waals surface area contributed by atoms with Gasteiger partial charge in [0, 0.05) is 28.8 Å². The maximum absolute atomic E-state index is 11.9. The van der Waals surface area contributed by atoms with Crippen LogP contribution in [-0.2, 0) is 9.59 Å². The third-order valence-electron chi connectivity index (χ3n) is 3.70. The van der Waals surface area contributed by atoms with Gasteiger partial charge in [0.25, 0.3) is 5.91 Å². The molecule has 0 atom stereocenters. The fraction of sp³-hybridized carbons (Fsp3) is 0.105. The third kappa shape index (κ3) is 6.06. The Kier molecular flexibility index (Phi) is 7.04. The highest BCUT2D eigenvalue weighted by molar-refractivity contribution is 7.99. The van der Waals surface area contributed by atoms with Crippen LogP contribution in [0.1, 0.15) is 17.3 Å². The van der Waals surface area contributed by atoms with E-state index in [0.29, 0.717) is 27.3 Å². The van der Waals surface area contributed by atoms with Gasteiger partial charge in [-0.05, 0) is 48.5 Å². The number of aromatic nitrogens is 3. The molecule has 0 aliphatic rings. The van der Waals surface area contributed by atoms with E-state index in [1.165, 1.54) is 6.92 Å². The Hall–Kier alpha value is -3.37. The molecule has 11 heteroatoms. The number of rotatable bonds is 6. The average Bonchev–Trinajstić information content (AvgIpc) is 3.20. The molecule has 2 aromatic carbocycles. The number of nitrogens with one attached hydrogen (secondary N) is 4. The van der Waals surface area contributed by atoms with Gasteiger partial charge in [-0.2, -0.15) is 0 Å². The first-order valence-corrected chi connectivity index (χ1v) is 10.0. The van der Waals surface area contributed by atoms with Gasteiger partial charge in [-0.15, -0.1) is 5.10 Å². The second kappa shape index (κ2) is 9.90. The number of benzene rings is 2. The molecule has 30 heavy (non-hydrogen) atoms. The summed E-state index contributed by atoms with van der Waals surface area (Å²) in [5, 5.41) is 10.4. The van der Waals surface area contributed by atoms with Crippen molar-refractivity contribution in [3.05, 3.63) is 59.1 Å². The largest absolute Gasteiger partial charge is 0.326 e. The van der Waals surface area contributed by atoms with Gasteiger partial charge in [0.1, 0.15) is 0 Å². The number of hydrazine groups is 1. The molecule has 0 aliphatic carbocycles. The summed E-state index contributed by atoms with van der Waals surface area (Å²) in [5.41, 5.74) is 6.49. The van der Waals surface area contributed by atoms with Gasteiger partial charge in [0.15, 0.2) is 5.82 Å². The van der Waals surface area contributed by atoms with Gasteiger partial charge in [0.05, 0.1) is 5.75 Å². The summed E-state index contributed by atoms with van der Waals surface area (Å²) in [4.78, 5) is 39.3. The van der Waals surface area contributed by atoms with Gasteiger partial charge in [0.2, 0.25) is 17.0 Å². The van der Waals surface area contributed by atoms with Gasteiger partial charge >= 0.3 is 0 Å². The van der Waals surface area contributed by atoms with Crippen molar-refractivity contribution in [2.45, 2.75) is 12.1 Å². The summed E-state index contributed by atoms with van der Waals surface area (Å²) in [7, 11) is 0. The number of halogens is 1. The van der Waals surface area contributed by atoms with E-state index >= 15 is 0 Å². The highest BCUT2D eigenvalue weighted by atomic mass is 35.5. The smallest absolute Gasteiger partial charge is 0.269 e. The number of carbonyl (C=O) groups is 3. The van der Waals surface area contributed by atoms with Crippen molar-refractivity contribution in [2.24, 2.45) is 0 Å². The standard InChI is InChI=1S/C19H17ClN6O3S/c1-11(27)21-15-8-4-12(5-9-15)17-22-19(26-24-17)30-10-16(28)23-25-18(29)13-2-6-14(20)7-3-13/h2-9H,10H2,1H3,(H,21,27)(H,23,28)(H,25,29)(H,22,24,26). The van der Waals surface area contributed by atoms with E-state index < -0.39 is 11.8 Å². The van der Waals surface area contributed by atoms with E-state index in [-0.39, 0.29) is 11.7 Å². The van der Waals surface area contributed by atoms with Crippen LogP contribution in [-0.4, -0.2) is 38.7 Å². The molecule has 3 rings (SSSR count). The minimum atomic E-state index is -0.451. The Balaban J connectivity index is 1.47. The lowest BCUT2D eigenvalue weighted by molar-refractivity contribution is -0.119. The fourth-order valence-electron chi connectivity index (χ4n) is 2.32. The number of aromatic amines is 1. The Morgan fingerprint density at radius 1 is 1.03 bits per heavy atom. The molecule has 3 aromatic rings. The van der Waals surface area contributed by atoms with Crippen molar-refractivity contribution in [3.8, 4) is 11.4 Å². The summed E-state index contributed by atoms with van der Waals surface area (Å²) in [6.07, 6.45) is 0. The molecule has 0 radical (unpaired) electrons.